The van der Waals surface area contributed by atoms with E-state index in [1.165, 1.54) is 0 Å². The van der Waals surface area contributed by atoms with Crippen molar-refractivity contribution < 1.29 is 9.90 Å². The number of carbonyl (C=O) groups excluding carboxylic acids is 1. The third-order valence-corrected chi connectivity index (χ3v) is 5.87. The van der Waals surface area contributed by atoms with Gasteiger partial charge in [0.1, 0.15) is 0 Å². The van der Waals surface area contributed by atoms with E-state index < -0.39 is 0 Å². The SMILES string of the molecule is CC(CO)N1CCCN(C(=O)C2(Cc3ccccc3Cl)CC2)CC1. The first-order valence-corrected chi connectivity index (χ1v) is 9.31. The molecule has 0 bridgehead atoms. The fourth-order valence-corrected chi connectivity index (χ4v) is 3.86. The lowest BCUT2D eigenvalue weighted by atomic mass is 9.94. The molecular formula is C19H27ClN2O2. The van der Waals surface area contributed by atoms with Gasteiger partial charge in [-0.1, -0.05) is 29.8 Å². The molecule has 2 aliphatic rings. The average molecular weight is 351 g/mol. The van der Waals surface area contributed by atoms with Crippen molar-refractivity contribution in [2.24, 2.45) is 5.41 Å². The summed E-state index contributed by atoms with van der Waals surface area (Å²) < 4.78 is 0. The Hall–Kier alpha value is -1.10. The van der Waals surface area contributed by atoms with Gasteiger partial charge in [0, 0.05) is 37.2 Å². The summed E-state index contributed by atoms with van der Waals surface area (Å²) in [6.07, 6.45) is 3.64. The van der Waals surface area contributed by atoms with Crippen molar-refractivity contribution in [3.8, 4) is 0 Å². The van der Waals surface area contributed by atoms with E-state index in [1.807, 2.05) is 36.1 Å². The molecule has 0 aromatic heterocycles. The normalized spacial score (nSPS) is 22.0. The summed E-state index contributed by atoms with van der Waals surface area (Å²) in [4.78, 5) is 17.4. The predicted octanol–water partition coefficient (Wildman–Crippen LogP) is 2.58. The molecule has 0 radical (unpaired) electrons. The van der Waals surface area contributed by atoms with Crippen molar-refractivity contribution in [3.05, 3.63) is 34.9 Å². The highest BCUT2D eigenvalue weighted by Crippen LogP contribution is 2.50. The molecule has 132 valence electrons. The van der Waals surface area contributed by atoms with Crippen LogP contribution in [0.5, 0.6) is 0 Å². The van der Waals surface area contributed by atoms with Crippen LogP contribution in [0.1, 0.15) is 31.7 Å². The molecule has 24 heavy (non-hydrogen) atoms. The van der Waals surface area contributed by atoms with Crippen LogP contribution >= 0.6 is 11.6 Å². The van der Waals surface area contributed by atoms with E-state index in [2.05, 4.69) is 4.90 Å². The third kappa shape index (κ3) is 3.76. The van der Waals surface area contributed by atoms with Gasteiger partial charge in [0.05, 0.1) is 12.0 Å². The van der Waals surface area contributed by atoms with Crippen LogP contribution in [0.2, 0.25) is 5.02 Å². The highest BCUT2D eigenvalue weighted by atomic mass is 35.5. The quantitative estimate of drug-likeness (QED) is 0.887. The minimum Gasteiger partial charge on any atom is -0.395 e. The van der Waals surface area contributed by atoms with Crippen LogP contribution in [0.15, 0.2) is 24.3 Å². The van der Waals surface area contributed by atoms with Gasteiger partial charge in [-0.05, 0) is 44.2 Å². The average Bonchev–Trinajstić information content (AvgIpc) is 3.39. The molecule has 1 heterocycles. The summed E-state index contributed by atoms with van der Waals surface area (Å²) in [6, 6.07) is 8.01. The van der Waals surface area contributed by atoms with Crippen molar-refractivity contribution in [1.29, 1.82) is 0 Å². The van der Waals surface area contributed by atoms with Gasteiger partial charge in [0.15, 0.2) is 0 Å². The Kier molecular flexibility index (Phi) is 5.48. The van der Waals surface area contributed by atoms with Gasteiger partial charge in [-0.3, -0.25) is 9.69 Å². The number of amides is 1. The van der Waals surface area contributed by atoms with Gasteiger partial charge in [0.2, 0.25) is 5.91 Å². The van der Waals surface area contributed by atoms with Gasteiger partial charge >= 0.3 is 0 Å². The van der Waals surface area contributed by atoms with Crippen molar-refractivity contribution in [3.63, 3.8) is 0 Å². The highest BCUT2D eigenvalue weighted by molar-refractivity contribution is 6.31. The molecule has 4 nitrogen and oxygen atoms in total. The molecule has 1 atom stereocenters. The second-order valence-electron chi connectivity index (χ2n) is 7.26. The van der Waals surface area contributed by atoms with Crippen LogP contribution in [-0.2, 0) is 11.2 Å². The molecule has 3 rings (SSSR count). The molecule has 1 amide bonds. The predicted molar refractivity (Wildman–Crippen MR) is 96.1 cm³/mol. The van der Waals surface area contributed by atoms with Crippen LogP contribution in [0.25, 0.3) is 0 Å². The lowest BCUT2D eigenvalue weighted by Crippen LogP contribution is -2.42. The zero-order valence-electron chi connectivity index (χ0n) is 14.4. The monoisotopic (exact) mass is 350 g/mol. The van der Waals surface area contributed by atoms with Gasteiger partial charge in [-0.2, -0.15) is 0 Å². The first-order chi connectivity index (χ1) is 11.6. The number of rotatable bonds is 5. The number of carbonyl (C=O) groups is 1. The molecule has 1 saturated heterocycles. The smallest absolute Gasteiger partial charge is 0.229 e. The van der Waals surface area contributed by atoms with E-state index in [9.17, 15) is 9.90 Å². The zero-order chi connectivity index (χ0) is 17.2. The van der Waals surface area contributed by atoms with E-state index in [0.717, 1.165) is 62.4 Å². The zero-order valence-corrected chi connectivity index (χ0v) is 15.1. The van der Waals surface area contributed by atoms with Crippen LogP contribution in [0, 0.1) is 5.41 Å². The molecule has 0 spiro atoms. The number of halogens is 1. The minimum absolute atomic E-state index is 0.165. The topological polar surface area (TPSA) is 43.8 Å². The highest BCUT2D eigenvalue weighted by Gasteiger charge is 2.51. The second kappa shape index (κ2) is 7.42. The third-order valence-electron chi connectivity index (χ3n) is 5.50. The summed E-state index contributed by atoms with van der Waals surface area (Å²) in [7, 11) is 0. The van der Waals surface area contributed by atoms with Crippen LogP contribution in [0.4, 0.5) is 0 Å². The van der Waals surface area contributed by atoms with E-state index >= 15 is 0 Å². The number of hydrogen-bond acceptors (Lipinski definition) is 3. The molecular weight excluding hydrogens is 324 g/mol. The molecule has 1 saturated carbocycles. The van der Waals surface area contributed by atoms with Crippen LogP contribution in [0.3, 0.4) is 0 Å². The van der Waals surface area contributed by atoms with E-state index in [-0.39, 0.29) is 18.1 Å². The lowest BCUT2D eigenvalue weighted by molar-refractivity contribution is -0.136. The van der Waals surface area contributed by atoms with Crippen molar-refractivity contribution >= 4 is 17.5 Å². The minimum atomic E-state index is -0.233. The van der Waals surface area contributed by atoms with Gasteiger partial charge < -0.3 is 10.0 Å². The Morgan fingerprint density at radius 2 is 2.00 bits per heavy atom. The molecule has 1 aliphatic carbocycles. The number of aliphatic hydroxyl groups is 1. The first kappa shape index (κ1) is 17.7. The van der Waals surface area contributed by atoms with E-state index in [1.54, 1.807) is 0 Å². The van der Waals surface area contributed by atoms with E-state index in [0.29, 0.717) is 5.91 Å². The number of benzene rings is 1. The molecule has 2 fully saturated rings. The number of aliphatic hydroxyl groups excluding tert-OH is 1. The summed E-state index contributed by atoms with van der Waals surface area (Å²) in [6.45, 7) is 5.57. The maximum absolute atomic E-state index is 13.1. The molecule has 1 aromatic carbocycles. The Morgan fingerprint density at radius 1 is 1.25 bits per heavy atom. The van der Waals surface area contributed by atoms with Gasteiger partial charge in [-0.25, -0.2) is 0 Å². The fourth-order valence-electron chi connectivity index (χ4n) is 3.66. The number of hydrogen-bond donors (Lipinski definition) is 1. The van der Waals surface area contributed by atoms with Gasteiger partial charge in [0.25, 0.3) is 0 Å². The molecule has 5 heteroatoms. The largest absolute Gasteiger partial charge is 0.395 e. The maximum atomic E-state index is 13.1. The van der Waals surface area contributed by atoms with E-state index in [4.69, 9.17) is 11.6 Å². The fraction of sp³-hybridized carbons (Fsp3) is 0.632. The molecule has 1 aromatic rings. The Bertz CT molecular complexity index is 588. The summed E-state index contributed by atoms with van der Waals surface area (Å²) in [5, 5.41) is 10.1. The standard InChI is InChI=1S/C19H27ClN2O2/c1-15(14-23)21-9-4-10-22(12-11-21)18(24)19(7-8-19)13-16-5-2-3-6-17(16)20/h2-3,5-6,15,23H,4,7-14H2,1H3. The Balaban J connectivity index is 1.64. The molecule has 1 unspecified atom stereocenters. The summed E-state index contributed by atoms with van der Waals surface area (Å²) in [5.74, 6) is 0.293. The van der Waals surface area contributed by atoms with Gasteiger partial charge in [-0.15, -0.1) is 0 Å². The summed E-state index contributed by atoms with van der Waals surface area (Å²) in [5.41, 5.74) is 0.846. The lowest BCUT2D eigenvalue weighted by Gasteiger charge is -2.28. The van der Waals surface area contributed by atoms with Crippen molar-refractivity contribution in [2.45, 2.75) is 38.6 Å². The molecule has 1 aliphatic heterocycles. The first-order valence-electron chi connectivity index (χ1n) is 8.93. The Morgan fingerprint density at radius 3 is 2.67 bits per heavy atom. The Labute approximate surface area is 149 Å². The van der Waals surface area contributed by atoms with Crippen LogP contribution < -0.4 is 0 Å². The summed E-state index contributed by atoms with van der Waals surface area (Å²) >= 11 is 6.29. The number of nitrogens with zero attached hydrogens (tertiary/aromatic N) is 2. The van der Waals surface area contributed by atoms with Crippen molar-refractivity contribution in [2.75, 3.05) is 32.8 Å². The van der Waals surface area contributed by atoms with Crippen molar-refractivity contribution in [1.82, 2.24) is 9.80 Å². The van der Waals surface area contributed by atoms with Crippen LogP contribution in [-0.4, -0.2) is 59.6 Å². The second-order valence-corrected chi connectivity index (χ2v) is 7.67. The maximum Gasteiger partial charge on any atom is 0.229 e. The molecule has 1 N–H and O–H groups in total.